The maximum atomic E-state index is 11.8. The summed E-state index contributed by atoms with van der Waals surface area (Å²) in [6.45, 7) is 3.19. The highest BCUT2D eigenvalue weighted by atomic mass is 16.5. The Morgan fingerprint density at radius 1 is 0.786 bits per heavy atom. The van der Waals surface area contributed by atoms with Gasteiger partial charge in [-0.3, -0.25) is 25.2 Å². The van der Waals surface area contributed by atoms with Crippen molar-refractivity contribution in [2.45, 2.75) is 13.8 Å². The van der Waals surface area contributed by atoms with Crippen molar-refractivity contribution in [3.05, 3.63) is 54.1 Å². The molecule has 0 aliphatic rings. The fourth-order valence-corrected chi connectivity index (χ4v) is 2.13. The molecule has 2 N–H and O–H groups in total. The number of carbonyl (C=O) groups is 3. The molecular weight excluding hydrogens is 364 g/mol. The van der Waals surface area contributed by atoms with Gasteiger partial charge in [0.25, 0.3) is 11.8 Å². The van der Waals surface area contributed by atoms with Crippen molar-refractivity contribution < 1.29 is 28.6 Å². The van der Waals surface area contributed by atoms with Crippen LogP contribution in [-0.4, -0.2) is 37.4 Å². The number of ketones is 1. The first-order chi connectivity index (χ1) is 13.5. The van der Waals surface area contributed by atoms with Crippen LogP contribution < -0.4 is 25.1 Å². The molecule has 0 spiro atoms. The van der Waals surface area contributed by atoms with E-state index >= 15 is 0 Å². The molecule has 2 rings (SSSR count). The molecule has 2 aromatic carbocycles. The van der Waals surface area contributed by atoms with Crippen molar-refractivity contribution in [2.24, 2.45) is 0 Å². The second-order valence-electron chi connectivity index (χ2n) is 5.63. The van der Waals surface area contributed by atoms with E-state index in [9.17, 15) is 14.4 Å². The standard InChI is InChI=1S/C20H22N2O6/c1-3-26-17-6-4-5-7-18(17)28-13-20(25)22-21-19(24)12-27-16-10-8-15(9-11-16)14(2)23/h4-11H,3,12-13H2,1-2H3,(H,21,24)(H,22,25). The number of carbonyl (C=O) groups excluding carboxylic acids is 3. The molecule has 0 aliphatic carbocycles. The molecule has 0 fully saturated rings. The third-order valence-corrected chi connectivity index (χ3v) is 3.48. The van der Waals surface area contributed by atoms with Gasteiger partial charge in [0.2, 0.25) is 0 Å². The zero-order valence-corrected chi connectivity index (χ0v) is 15.7. The van der Waals surface area contributed by atoms with Crippen LogP contribution in [-0.2, 0) is 9.59 Å². The normalized spacial score (nSPS) is 9.93. The summed E-state index contributed by atoms with van der Waals surface area (Å²) >= 11 is 0. The number of hydrogen-bond donors (Lipinski definition) is 2. The lowest BCUT2D eigenvalue weighted by Crippen LogP contribution is -2.45. The van der Waals surface area contributed by atoms with Gasteiger partial charge in [0.05, 0.1) is 6.61 Å². The lowest BCUT2D eigenvalue weighted by atomic mass is 10.1. The summed E-state index contributed by atoms with van der Waals surface area (Å²) in [4.78, 5) is 34.7. The van der Waals surface area contributed by atoms with Crippen molar-refractivity contribution in [3.8, 4) is 17.2 Å². The number of para-hydroxylation sites is 2. The first kappa shape index (κ1) is 20.8. The third kappa shape index (κ3) is 6.64. The average Bonchev–Trinajstić information content (AvgIpc) is 2.70. The van der Waals surface area contributed by atoms with E-state index in [2.05, 4.69) is 10.9 Å². The fourth-order valence-electron chi connectivity index (χ4n) is 2.13. The van der Waals surface area contributed by atoms with Crippen LogP contribution in [0.25, 0.3) is 0 Å². The zero-order valence-electron chi connectivity index (χ0n) is 15.7. The summed E-state index contributed by atoms with van der Waals surface area (Å²) in [5.74, 6) is 0.263. The molecule has 0 aliphatic heterocycles. The zero-order chi connectivity index (χ0) is 20.4. The van der Waals surface area contributed by atoms with E-state index in [1.807, 2.05) is 6.92 Å². The minimum atomic E-state index is -0.543. The summed E-state index contributed by atoms with van der Waals surface area (Å²) < 4.78 is 16.1. The summed E-state index contributed by atoms with van der Waals surface area (Å²) in [6, 6.07) is 13.4. The van der Waals surface area contributed by atoms with E-state index < -0.39 is 11.8 Å². The maximum absolute atomic E-state index is 11.8. The molecule has 0 radical (unpaired) electrons. The average molecular weight is 386 g/mol. The van der Waals surface area contributed by atoms with Crippen LogP contribution >= 0.6 is 0 Å². The Labute approximate surface area is 162 Å². The predicted molar refractivity (Wildman–Crippen MR) is 101 cm³/mol. The summed E-state index contributed by atoms with van der Waals surface area (Å²) in [5, 5.41) is 0. The van der Waals surface area contributed by atoms with Crippen LogP contribution in [0.3, 0.4) is 0 Å². The molecule has 0 atom stereocenters. The Morgan fingerprint density at radius 2 is 1.32 bits per heavy atom. The van der Waals surface area contributed by atoms with E-state index in [0.717, 1.165) is 0 Å². The molecule has 148 valence electrons. The van der Waals surface area contributed by atoms with Crippen molar-refractivity contribution in [1.82, 2.24) is 10.9 Å². The van der Waals surface area contributed by atoms with Gasteiger partial charge in [-0.25, -0.2) is 0 Å². The lowest BCUT2D eigenvalue weighted by molar-refractivity contribution is -0.131. The van der Waals surface area contributed by atoms with E-state index in [1.165, 1.54) is 6.92 Å². The summed E-state index contributed by atoms with van der Waals surface area (Å²) in [5.41, 5.74) is 5.02. The molecule has 0 saturated heterocycles. The SMILES string of the molecule is CCOc1ccccc1OCC(=O)NNC(=O)COc1ccc(C(C)=O)cc1. The monoisotopic (exact) mass is 386 g/mol. The lowest BCUT2D eigenvalue weighted by Gasteiger charge is -2.12. The highest BCUT2D eigenvalue weighted by Gasteiger charge is 2.09. The molecule has 28 heavy (non-hydrogen) atoms. The van der Waals surface area contributed by atoms with E-state index in [1.54, 1.807) is 48.5 Å². The molecular formula is C20H22N2O6. The largest absolute Gasteiger partial charge is 0.490 e. The Hall–Kier alpha value is -3.55. The Morgan fingerprint density at radius 3 is 1.86 bits per heavy atom. The molecule has 8 nitrogen and oxygen atoms in total. The van der Waals surface area contributed by atoms with Crippen LogP contribution in [0.15, 0.2) is 48.5 Å². The number of nitrogens with one attached hydrogen (secondary N) is 2. The second kappa shape index (κ2) is 10.6. The quantitative estimate of drug-likeness (QED) is 0.504. The highest BCUT2D eigenvalue weighted by Crippen LogP contribution is 2.26. The van der Waals surface area contributed by atoms with Gasteiger partial charge < -0.3 is 14.2 Å². The van der Waals surface area contributed by atoms with Crippen molar-refractivity contribution in [2.75, 3.05) is 19.8 Å². The fraction of sp³-hybridized carbons (Fsp3) is 0.250. The first-order valence-electron chi connectivity index (χ1n) is 8.65. The predicted octanol–water partition coefficient (Wildman–Crippen LogP) is 1.89. The Kier molecular flexibility index (Phi) is 7.83. The topological polar surface area (TPSA) is 103 Å². The van der Waals surface area contributed by atoms with Gasteiger partial charge in [-0.2, -0.15) is 0 Å². The summed E-state index contributed by atoms with van der Waals surface area (Å²) in [7, 11) is 0. The smallest absolute Gasteiger partial charge is 0.276 e. The van der Waals surface area contributed by atoms with Crippen LogP contribution in [0.5, 0.6) is 17.2 Å². The van der Waals surface area contributed by atoms with Gasteiger partial charge in [-0.1, -0.05) is 12.1 Å². The number of rotatable bonds is 9. The van der Waals surface area contributed by atoms with Gasteiger partial charge in [-0.15, -0.1) is 0 Å². The van der Waals surface area contributed by atoms with Crippen LogP contribution in [0.2, 0.25) is 0 Å². The van der Waals surface area contributed by atoms with Gasteiger partial charge in [0, 0.05) is 5.56 Å². The number of ether oxygens (including phenoxy) is 3. The van der Waals surface area contributed by atoms with E-state index in [-0.39, 0.29) is 19.0 Å². The number of amides is 2. The molecule has 0 bridgehead atoms. The number of hydrogen-bond acceptors (Lipinski definition) is 6. The van der Waals surface area contributed by atoms with Gasteiger partial charge in [0.15, 0.2) is 30.5 Å². The Balaban J connectivity index is 1.70. The van der Waals surface area contributed by atoms with Crippen molar-refractivity contribution >= 4 is 17.6 Å². The molecule has 2 amide bonds. The van der Waals surface area contributed by atoms with Crippen LogP contribution in [0, 0.1) is 0 Å². The molecule has 2 aromatic rings. The number of Topliss-reactive ketones (excluding diaryl/α,β-unsaturated/α-hetero) is 1. The summed E-state index contributed by atoms with van der Waals surface area (Å²) in [6.07, 6.45) is 0. The molecule has 0 aromatic heterocycles. The minimum absolute atomic E-state index is 0.0573. The van der Waals surface area contributed by atoms with Gasteiger partial charge in [-0.05, 0) is 50.2 Å². The number of benzene rings is 2. The van der Waals surface area contributed by atoms with Crippen molar-refractivity contribution in [3.63, 3.8) is 0 Å². The molecule has 8 heteroatoms. The minimum Gasteiger partial charge on any atom is -0.490 e. The Bertz CT molecular complexity index is 820. The molecule has 0 unspecified atom stereocenters. The van der Waals surface area contributed by atoms with E-state index in [0.29, 0.717) is 29.4 Å². The van der Waals surface area contributed by atoms with Crippen molar-refractivity contribution in [1.29, 1.82) is 0 Å². The number of hydrazine groups is 1. The van der Waals surface area contributed by atoms with Gasteiger partial charge >= 0.3 is 0 Å². The van der Waals surface area contributed by atoms with E-state index in [4.69, 9.17) is 14.2 Å². The van der Waals surface area contributed by atoms with Crippen LogP contribution in [0.1, 0.15) is 24.2 Å². The first-order valence-corrected chi connectivity index (χ1v) is 8.65. The molecule has 0 saturated carbocycles. The second-order valence-corrected chi connectivity index (χ2v) is 5.63. The van der Waals surface area contributed by atoms with Crippen LogP contribution in [0.4, 0.5) is 0 Å². The third-order valence-electron chi connectivity index (χ3n) is 3.48. The highest BCUT2D eigenvalue weighted by molar-refractivity contribution is 5.94. The maximum Gasteiger partial charge on any atom is 0.276 e. The molecule has 0 heterocycles. The van der Waals surface area contributed by atoms with Gasteiger partial charge in [0.1, 0.15) is 5.75 Å².